The molecular weight excluding hydrogens is 336 g/mol. The van der Waals surface area contributed by atoms with Gasteiger partial charge in [-0.1, -0.05) is 12.1 Å². The first-order valence-electron chi connectivity index (χ1n) is 8.05. The van der Waals surface area contributed by atoms with Crippen molar-refractivity contribution < 1.29 is 9.53 Å². The Kier molecular flexibility index (Phi) is 4.39. The van der Waals surface area contributed by atoms with E-state index in [0.717, 1.165) is 28.6 Å². The number of carbonyl (C=O) groups is 1. The van der Waals surface area contributed by atoms with Gasteiger partial charge in [0.15, 0.2) is 10.8 Å². The Morgan fingerprint density at radius 1 is 1.20 bits per heavy atom. The molecule has 25 heavy (non-hydrogen) atoms. The molecule has 0 saturated carbocycles. The number of hydrogen-bond donors (Lipinski definition) is 0. The minimum absolute atomic E-state index is 0.0174. The van der Waals surface area contributed by atoms with Crippen LogP contribution in [0, 0.1) is 0 Å². The quantitative estimate of drug-likeness (QED) is 0.725. The van der Waals surface area contributed by atoms with Crippen molar-refractivity contribution in [3.05, 3.63) is 53.8 Å². The van der Waals surface area contributed by atoms with Crippen LogP contribution in [0.15, 0.2) is 48.1 Å². The maximum Gasteiger partial charge on any atom is 0.233 e. The molecule has 0 spiro atoms. The van der Waals surface area contributed by atoms with E-state index < -0.39 is 0 Å². The van der Waals surface area contributed by atoms with E-state index in [-0.39, 0.29) is 12.3 Å². The van der Waals surface area contributed by atoms with Gasteiger partial charge in [0.05, 0.1) is 24.4 Å². The fourth-order valence-corrected chi connectivity index (χ4v) is 3.50. The number of aromatic nitrogens is 3. The predicted molar refractivity (Wildman–Crippen MR) is 95.8 cm³/mol. The van der Waals surface area contributed by atoms with Crippen LogP contribution in [0.5, 0.6) is 5.75 Å². The van der Waals surface area contributed by atoms with Gasteiger partial charge >= 0.3 is 0 Å². The molecule has 1 aromatic carbocycles. The first-order chi connectivity index (χ1) is 12.3. The van der Waals surface area contributed by atoms with E-state index in [0.29, 0.717) is 19.0 Å². The Hall–Kier alpha value is -2.80. The highest BCUT2D eigenvalue weighted by atomic mass is 32.1. The topological polar surface area (TPSA) is 68.2 Å². The van der Waals surface area contributed by atoms with Crippen molar-refractivity contribution in [3.63, 3.8) is 0 Å². The molecule has 4 rings (SSSR count). The van der Waals surface area contributed by atoms with E-state index >= 15 is 0 Å². The van der Waals surface area contributed by atoms with Gasteiger partial charge in [0.2, 0.25) is 5.91 Å². The summed E-state index contributed by atoms with van der Waals surface area (Å²) in [6, 6.07) is 9.42. The van der Waals surface area contributed by atoms with Gasteiger partial charge in [-0.3, -0.25) is 4.79 Å². The molecule has 0 aliphatic carbocycles. The molecule has 7 heteroatoms. The number of benzene rings is 1. The molecule has 6 nitrogen and oxygen atoms in total. The largest absolute Gasteiger partial charge is 0.491 e. The first kappa shape index (κ1) is 15.7. The van der Waals surface area contributed by atoms with Crippen molar-refractivity contribution in [1.29, 1.82) is 0 Å². The smallest absolute Gasteiger partial charge is 0.233 e. The summed E-state index contributed by atoms with van der Waals surface area (Å²) in [6.07, 6.45) is 4.42. The van der Waals surface area contributed by atoms with Crippen molar-refractivity contribution in [1.82, 2.24) is 15.0 Å². The van der Waals surface area contributed by atoms with Gasteiger partial charge in [-0.05, 0) is 24.6 Å². The minimum atomic E-state index is 0.0174. The van der Waals surface area contributed by atoms with E-state index in [1.165, 1.54) is 11.3 Å². The van der Waals surface area contributed by atoms with Gasteiger partial charge < -0.3 is 9.64 Å². The fraction of sp³-hybridized carbons (Fsp3) is 0.222. The average molecular weight is 352 g/mol. The lowest BCUT2D eigenvalue weighted by Gasteiger charge is -2.21. The lowest BCUT2D eigenvalue weighted by molar-refractivity contribution is -0.118. The van der Waals surface area contributed by atoms with Gasteiger partial charge in [0, 0.05) is 24.3 Å². The highest BCUT2D eigenvalue weighted by molar-refractivity contribution is 7.13. The zero-order valence-corrected chi connectivity index (χ0v) is 14.3. The summed E-state index contributed by atoms with van der Waals surface area (Å²) in [5.74, 6) is 1.36. The molecule has 0 atom stereocenters. The maximum absolute atomic E-state index is 12.8. The van der Waals surface area contributed by atoms with Crippen LogP contribution in [0.4, 0.5) is 5.69 Å². The van der Waals surface area contributed by atoms with E-state index in [4.69, 9.17) is 4.74 Å². The third kappa shape index (κ3) is 3.36. The molecule has 0 bridgehead atoms. The van der Waals surface area contributed by atoms with Crippen molar-refractivity contribution in [2.75, 3.05) is 18.1 Å². The Bertz CT molecular complexity index is 882. The molecule has 0 unspecified atom stereocenters. The van der Waals surface area contributed by atoms with Crippen molar-refractivity contribution >= 4 is 22.9 Å². The fourth-order valence-electron chi connectivity index (χ4n) is 2.74. The number of anilines is 1. The first-order valence-corrected chi connectivity index (χ1v) is 8.93. The number of rotatable bonds is 3. The van der Waals surface area contributed by atoms with Crippen LogP contribution in [0.3, 0.4) is 0 Å². The van der Waals surface area contributed by atoms with Gasteiger partial charge in [-0.15, -0.1) is 11.3 Å². The molecule has 3 heterocycles. The molecule has 0 saturated heterocycles. The predicted octanol–water partition coefficient (Wildman–Crippen LogP) is 2.96. The number of hydrogen-bond acceptors (Lipinski definition) is 6. The third-order valence-corrected chi connectivity index (χ3v) is 4.77. The molecule has 126 valence electrons. The standard InChI is InChI=1S/C18H16N4O2S/c23-16(22-9-4-10-24-15-6-2-1-5-14(15)22)11-13-12-25-18(21-13)17-19-7-3-8-20-17/h1-3,5-8,12H,4,9-11H2. The molecule has 0 radical (unpaired) electrons. The zero-order valence-electron chi connectivity index (χ0n) is 13.5. The van der Waals surface area contributed by atoms with Crippen molar-refractivity contribution in [2.24, 2.45) is 0 Å². The molecule has 1 aliphatic rings. The summed E-state index contributed by atoms with van der Waals surface area (Å²) in [6.45, 7) is 1.27. The highest BCUT2D eigenvalue weighted by Crippen LogP contribution is 2.31. The SMILES string of the molecule is O=C(Cc1csc(-c2ncccn2)n1)N1CCCOc2ccccc21. The van der Waals surface area contributed by atoms with Crippen LogP contribution in [-0.2, 0) is 11.2 Å². The second-order valence-corrected chi connectivity index (χ2v) is 6.47. The molecule has 1 amide bonds. The number of fused-ring (bicyclic) bond motifs is 1. The zero-order chi connectivity index (χ0) is 17.1. The molecule has 0 fully saturated rings. The highest BCUT2D eigenvalue weighted by Gasteiger charge is 2.22. The second-order valence-electron chi connectivity index (χ2n) is 5.61. The Morgan fingerprint density at radius 3 is 2.92 bits per heavy atom. The molecule has 1 aliphatic heterocycles. The normalized spacial score (nSPS) is 13.7. The monoisotopic (exact) mass is 352 g/mol. The van der Waals surface area contributed by atoms with Crippen LogP contribution >= 0.6 is 11.3 Å². The van der Waals surface area contributed by atoms with Crippen LogP contribution < -0.4 is 9.64 Å². The minimum Gasteiger partial charge on any atom is -0.491 e. The number of thiazole rings is 1. The number of amides is 1. The van der Waals surface area contributed by atoms with Crippen molar-refractivity contribution in [2.45, 2.75) is 12.8 Å². The molecule has 3 aromatic rings. The number of carbonyl (C=O) groups excluding carboxylic acids is 1. The summed E-state index contributed by atoms with van der Waals surface area (Å²) in [5, 5.41) is 2.62. The van der Waals surface area contributed by atoms with E-state index in [2.05, 4.69) is 15.0 Å². The Labute approximate surface area is 149 Å². The van der Waals surface area contributed by atoms with Crippen molar-refractivity contribution in [3.8, 4) is 16.6 Å². The number of nitrogens with zero attached hydrogens (tertiary/aromatic N) is 4. The molecule has 0 N–H and O–H groups in total. The summed E-state index contributed by atoms with van der Waals surface area (Å²) < 4.78 is 5.72. The molecule has 2 aromatic heterocycles. The summed E-state index contributed by atoms with van der Waals surface area (Å²) >= 11 is 1.45. The van der Waals surface area contributed by atoms with E-state index in [1.807, 2.05) is 29.6 Å². The lowest BCUT2D eigenvalue weighted by Crippen LogP contribution is -2.32. The van der Waals surface area contributed by atoms with Crippen LogP contribution in [-0.4, -0.2) is 34.0 Å². The van der Waals surface area contributed by atoms with E-state index in [9.17, 15) is 4.79 Å². The second kappa shape index (κ2) is 6.98. The maximum atomic E-state index is 12.8. The Morgan fingerprint density at radius 2 is 2.04 bits per heavy atom. The van der Waals surface area contributed by atoms with Gasteiger partial charge in [-0.2, -0.15) is 0 Å². The average Bonchev–Trinajstić information content (AvgIpc) is 3.00. The van der Waals surface area contributed by atoms with Gasteiger partial charge in [0.25, 0.3) is 0 Å². The molecular formula is C18H16N4O2S. The lowest BCUT2D eigenvalue weighted by atomic mass is 10.2. The van der Waals surface area contributed by atoms with Crippen LogP contribution in [0.25, 0.3) is 10.8 Å². The van der Waals surface area contributed by atoms with Gasteiger partial charge in [-0.25, -0.2) is 15.0 Å². The van der Waals surface area contributed by atoms with E-state index in [1.54, 1.807) is 23.4 Å². The number of ether oxygens (including phenoxy) is 1. The summed E-state index contributed by atoms with van der Waals surface area (Å²) in [4.78, 5) is 27.5. The number of para-hydroxylation sites is 2. The van der Waals surface area contributed by atoms with Gasteiger partial charge in [0.1, 0.15) is 5.75 Å². The Balaban J connectivity index is 1.54. The summed E-state index contributed by atoms with van der Waals surface area (Å²) in [7, 11) is 0. The summed E-state index contributed by atoms with van der Waals surface area (Å²) in [5.41, 5.74) is 1.56. The third-order valence-electron chi connectivity index (χ3n) is 3.88. The van der Waals surface area contributed by atoms with Crippen LogP contribution in [0.1, 0.15) is 12.1 Å². The van der Waals surface area contributed by atoms with Crippen LogP contribution in [0.2, 0.25) is 0 Å².